The Morgan fingerprint density at radius 1 is 1.06 bits per heavy atom. The van der Waals surface area contributed by atoms with Crippen molar-refractivity contribution in [2.45, 2.75) is 26.7 Å². The van der Waals surface area contributed by atoms with Gasteiger partial charge in [0, 0.05) is 10.9 Å². The molecule has 1 heterocycles. The van der Waals surface area contributed by atoms with Gasteiger partial charge >= 0.3 is 0 Å². The third kappa shape index (κ3) is 1.67. The first kappa shape index (κ1) is 11.5. The van der Waals surface area contributed by atoms with Crippen LogP contribution >= 0.6 is 0 Å². The molecule has 0 radical (unpaired) electrons. The van der Waals surface area contributed by atoms with Crippen molar-refractivity contribution in [1.29, 1.82) is 0 Å². The van der Waals surface area contributed by atoms with Crippen LogP contribution in [0.1, 0.15) is 25.0 Å². The zero-order chi connectivity index (χ0) is 12.7. The Labute approximate surface area is 108 Å². The van der Waals surface area contributed by atoms with E-state index < -0.39 is 0 Å². The van der Waals surface area contributed by atoms with Gasteiger partial charge in [-0.25, -0.2) is 4.98 Å². The van der Waals surface area contributed by atoms with Crippen molar-refractivity contribution in [3.05, 3.63) is 35.4 Å². The first-order valence-corrected chi connectivity index (χ1v) is 6.65. The molecule has 0 bridgehead atoms. The Balaban J connectivity index is 2.29. The number of hydrogen-bond acceptors (Lipinski definition) is 2. The highest BCUT2D eigenvalue weighted by atomic mass is 16.5. The topological polar surface area (TPSA) is 22.1 Å². The van der Waals surface area contributed by atoms with Gasteiger partial charge in [-0.3, -0.25) is 0 Å². The average Bonchev–Trinajstić information content (AvgIpc) is 2.39. The minimum Gasteiger partial charge on any atom is -0.481 e. The van der Waals surface area contributed by atoms with Gasteiger partial charge in [-0.1, -0.05) is 32.0 Å². The molecule has 0 N–H and O–H groups in total. The fraction of sp³-hybridized carbons (Fsp3) is 0.438. The van der Waals surface area contributed by atoms with E-state index in [-0.39, 0.29) is 0 Å². The van der Waals surface area contributed by atoms with Crippen LogP contribution < -0.4 is 4.74 Å². The van der Waals surface area contributed by atoms with Crippen molar-refractivity contribution >= 4 is 10.9 Å². The predicted molar refractivity (Wildman–Crippen MR) is 74.0 cm³/mol. The number of rotatable bonds is 1. The Morgan fingerprint density at radius 3 is 2.44 bits per heavy atom. The van der Waals surface area contributed by atoms with Crippen LogP contribution in [0.25, 0.3) is 10.9 Å². The molecule has 2 heteroatoms. The molecule has 0 saturated heterocycles. The van der Waals surface area contributed by atoms with Crippen molar-refractivity contribution in [3.8, 4) is 5.88 Å². The van der Waals surface area contributed by atoms with E-state index in [9.17, 15) is 0 Å². The summed E-state index contributed by atoms with van der Waals surface area (Å²) < 4.78 is 5.49. The molecule has 0 aliphatic heterocycles. The lowest BCUT2D eigenvalue weighted by Gasteiger charge is -2.29. The van der Waals surface area contributed by atoms with Gasteiger partial charge in [-0.2, -0.15) is 0 Å². The maximum Gasteiger partial charge on any atom is 0.217 e. The lowest BCUT2D eigenvalue weighted by Crippen LogP contribution is -2.22. The van der Waals surface area contributed by atoms with Crippen molar-refractivity contribution in [1.82, 2.24) is 4.98 Å². The van der Waals surface area contributed by atoms with Gasteiger partial charge in [-0.05, 0) is 36.3 Å². The van der Waals surface area contributed by atoms with Crippen molar-refractivity contribution in [3.63, 3.8) is 0 Å². The molecular weight excluding hydrogens is 222 g/mol. The molecule has 2 nitrogen and oxygen atoms in total. The average molecular weight is 241 g/mol. The first-order valence-electron chi connectivity index (χ1n) is 6.65. The van der Waals surface area contributed by atoms with Gasteiger partial charge in [0.05, 0.1) is 12.6 Å². The summed E-state index contributed by atoms with van der Waals surface area (Å²) in [5.41, 5.74) is 3.82. The third-order valence-corrected chi connectivity index (χ3v) is 4.29. The molecule has 1 aliphatic rings. The summed E-state index contributed by atoms with van der Waals surface area (Å²) in [5.74, 6) is 2.25. The lowest BCUT2D eigenvalue weighted by atomic mass is 9.77. The smallest absolute Gasteiger partial charge is 0.217 e. The molecule has 1 aromatic heterocycles. The number of methoxy groups -OCH3 is 1. The van der Waals surface area contributed by atoms with Crippen molar-refractivity contribution in [2.24, 2.45) is 11.8 Å². The molecule has 1 aromatic carbocycles. The van der Waals surface area contributed by atoms with E-state index in [4.69, 9.17) is 4.74 Å². The number of aromatic nitrogens is 1. The van der Waals surface area contributed by atoms with E-state index in [1.54, 1.807) is 7.11 Å². The zero-order valence-electron chi connectivity index (χ0n) is 11.2. The second-order valence-electron chi connectivity index (χ2n) is 5.46. The van der Waals surface area contributed by atoms with Gasteiger partial charge in [0.25, 0.3) is 0 Å². The van der Waals surface area contributed by atoms with Crippen LogP contribution in [0.4, 0.5) is 0 Å². The molecule has 2 aromatic rings. The number of pyridine rings is 1. The molecule has 2 unspecified atom stereocenters. The fourth-order valence-electron chi connectivity index (χ4n) is 2.95. The number of para-hydroxylation sites is 1. The van der Waals surface area contributed by atoms with Gasteiger partial charge in [0.15, 0.2) is 0 Å². The molecule has 1 aliphatic carbocycles. The van der Waals surface area contributed by atoms with Crippen LogP contribution in [0.3, 0.4) is 0 Å². The van der Waals surface area contributed by atoms with E-state index in [1.807, 2.05) is 6.07 Å². The molecule has 0 saturated carbocycles. The van der Waals surface area contributed by atoms with Crippen LogP contribution in [0.5, 0.6) is 5.88 Å². The van der Waals surface area contributed by atoms with E-state index >= 15 is 0 Å². The van der Waals surface area contributed by atoms with Crippen molar-refractivity contribution < 1.29 is 4.74 Å². The molecule has 18 heavy (non-hydrogen) atoms. The quantitative estimate of drug-likeness (QED) is 0.761. The van der Waals surface area contributed by atoms with Crippen LogP contribution in [0, 0.1) is 11.8 Å². The summed E-state index contributed by atoms with van der Waals surface area (Å²) >= 11 is 0. The molecule has 94 valence electrons. The number of benzene rings is 1. The van der Waals surface area contributed by atoms with E-state index in [0.717, 1.165) is 30.2 Å². The minimum atomic E-state index is 0.703. The number of fused-ring (bicyclic) bond motifs is 3. The Morgan fingerprint density at radius 2 is 1.72 bits per heavy atom. The maximum atomic E-state index is 5.49. The molecule has 0 amide bonds. The number of nitrogens with zero attached hydrogens (tertiary/aromatic N) is 1. The monoisotopic (exact) mass is 241 g/mol. The molecule has 3 rings (SSSR count). The van der Waals surface area contributed by atoms with Gasteiger partial charge < -0.3 is 4.74 Å². The standard InChI is InChI=1S/C16H19NO/c1-10-8-13-12-6-4-5-7-15(12)17-16(18-3)14(13)9-11(10)2/h4-7,10-11H,8-9H2,1-3H3. The van der Waals surface area contributed by atoms with Gasteiger partial charge in [0.1, 0.15) is 0 Å². The summed E-state index contributed by atoms with van der Waals surface area (Å²) in [4.78, 5) is 4.64. The Kier molecular flexibility index (Phi) is 2.73. The summed E-state index contributed by atoms with van der Waals surface area (Å²) in [6, 6.07) is 8.39. The number of ether oxygens (including phenoxy) is 1. The van der Waals surface area contributed by atoms with Crippen molar-refractivity contribution in [2.75, 3.05) is 7.11 Å². The normalized spacial score (nSPS) is 22.8. The fourth-order valence-corrected chi connectivity index (χ4v) is 2.95. The summed E-state index contributed by atoms with van der Waals surface area (Å²) in [7, 11) is 1.72. The molecule has 0 fully saturated rings. The van der Waals surface area contributed by atoms with E-state index in [0.29, 0.717) is 5.92 Å². The van der Waals surface area contributed by atoms with Gasteiger partial charge in [-0.15, -0.1) is 0 Å². The number of hydrogen-bond donors (Lipinski definition) is 0. The lowest BCUT2D eigenvalue weighted by molar-refractivity contribution is 0.341. The van der Waals surface area contributed by atoms with Crippen LogP contribution in [0.2, 0.25) is 0 Å². The maximum absolute atomic E-state index is 5.49. The molecule has 2 atom stereocenters. The first-order chi connectivity index (χ1) is 8.70. The Bertz CT molecular complexity index is 591. The van der Waals surface area contributed by atoms with Gasteiger partial charge in [0.2, 0.25) is 5.88 Å². The highest BCUT2D eigenvalue weighted by molar-refractivity contribution is 5.84. The second-order valence-corrected chi connectivity index (χ2v) is 5.46. The zero-order valence-corrected chi connectivity index (χ0v) is 11.2. The molecule has 0 spiro atoms. The largest absolute Gasteiger partial charge is 0.481 e. The third-order valence-electron chi connectivity index (χ3n) is 4.29. The second kappa shape index (κ2) is 4.27. The highest BCUT2D eigenvalue weighted by Gasteiger charge is 2.26. The van der Waals surface area contributed by atoms with E-state index in [1.165, 1.54) is 16.5 Å². The predicted octanol–water partition coefficient (Wildman–Crippen LogP) is 3.61. The molecular formula is C16H19NO. The summed E-state index contributed by atoms with van der Waals surface area (Å²) in [6.45, 7) is 4.66. The van der Waals surface area contributed by atoms with Crippen LogP contribution in [-0.4, -0.2) is 12.1 Å². The summed E-state index contributed by atoms with van der Waals surface area (Å²) in [6.07, 6.45) is 2.22. The van der Waals surface area contributed by atoms with Crippen LogP contribution in [-0.2, 0) is 12.8 Å². The summed E-state index contributed by atoms with van der Waals surface area (Å²) in [5, 5.41) is 1.30. The SMILES string of the molecule is COc1nc2ccccc2c2c1CC(C)C(C)C2. The highest BCUT2D eigenvalue weighted by Crippen LogP contribution is 2.37. The van der Waals surface area contributed by atoms with Crippen LogP contribution in [0.15, 0.2) is 24.3 Å². The Hall–Kier alpha value is -1.57. The minimum absolute atomic E-state index is 0.703. The van der Waals surface area contributed by atoms with E-state index in [2.05, 4.69) is 37.0 Å².